The van der Waals surface area contributed by atoms with Crippen LogP contribution in [0.25, 0.3) is 0 Å². The number of esters is 1. The van der Waals surface area contributed by atoms with E-state index in [1.165, 1.54) is 12.5 Å². The molecule has 0 radical (unpaired) electrons. The summed E-state index contributed by atoms with van der Waals surface area (Å²) in [6, 6.07) is 5.72. The molecule has 2 aliphatic carbocycles. The molecule has 2 N–H and O–H groups in total. The summed E-state index contributed by atoms with van der Waals surface area (Å²) in [6.45, 7) is 5.09. The van der Waals surface area contributed by atoms with Crippen LogP contribution in [-0.4, -0.2) is 85.8 Å². The Morgan fingerprint density at radius 3 is 2.62 bits per heavy atom. The molecule has 1 aromatic carbocycles. The summed E-state index contributed by atoms with van der Waals surface area (Å²) in [7, 11) is 3.65. The molecule has 3 fully saturated rings. The molecule has 1 amide bonds. The molecule has 9 heteroatoms. The number of fused-ring (bicyclic) bond motifs is 1. The fourth-order valence-electron chi connectivity index (χ4n) is 9.23. The largest absolute Gasteiger partial charge is 0.497 e. The Kier molecular flexibility index (Phi) is 6.81. The first kappa shape index (κ1) is 27.4. The average Bonchev–Trinajstić information content (AvgIpc) is 3.46. The van der Waals surface area contributed by atoms with E-state index in [1.54, 1.807) is 7.11 Å². The third-order valence-corrected chi connectivity index (χ3v) is 10.6. The van der Waals surface area contributed by atoms with Crippen molar-refractivity contribution in [2.45, 2.75) is 94.1 Å². The standard InChI is InChI=1S/C31H43N3O6/c1-5-29-14-9-16-34-17-15-30(25(29)34)23-13-12-22(38-4)18-24(23)33(3)26(30)31(37,27(29)39-20(2)35)19-32-28(36)40-21-10-7-6-8-11-21/h9,12-14,18,21,25-27,37H,5-8,10-11,15-17,19H2,1-4H3,(H,32,36)/t25-,26+,27+,29+,30+,31-/m0/s1. The molecular weight excluding hydrogens is 510 g/mol. The van der Waals surface area contributed by atoms with Gasteiger partial charge < -0.3 is 29.5 Å². The van der Waals surface area contributed by atoms with Crippen molar-refractivity contribution in [1.29, 1.82) is 0 Å². The number of hydrogen-bond donors (Lipinski definition) is 2. The zero-order valence-electron chi connectivity index (χ0n) is 24.2. The molecule has 6 atom stereocenters. The highest BCUT2D eigenvalue weighted by molar-refractivity contribution is 5.72. The highest BCUT2D eigenvalue weighted by Crippen LogP contribution is 2.67. The number of nitrogens with one attached hydrogen (secondary N) is 1. The maximum atomic E-state index is 13.1. The van der Waals surface area contributed by atoms with Crippen molar-refractivity contribution in [2.75, 3.05) is 38.7 Å². The SMILES string of the molecule is CC[C@]12C=CCN3CC[C@@]4(c5ccc(OC)cc5N(C)[C@H]4[C@@](O)(CNC(=O)OC4CCCCC4)[C@@H]1OC(C)=O)[C@@H]32. The van der Waals surface area contributed by atoms with E-state index in [9.17, 15) is 14.7 Å². The lowest BCUT2D eigenvalue weighted by Crippen LogP contribution is -2.81. The van der Waals surface area contributed by atoms with Crippen LogP contribution >= 0.6 is 0 Å². The number of carbonyl (C=O) groups is 2. The van der Waals surface area contributed by atoms with Gasteiger partial charge in [0.25, 0.3) is 0 Å². The van der Waals surface area contributed by atoms with E-state index in [2.05, 4.69) is 40.3 Å². The molecule has 5 aliphatic rings. The van der Waals surface area contributed by atoms with E-state index >= 15 is 0 Å². The maximum Gasteiger partial charge on any atom is 0.407 e. The van der Waals surface area contributed by atoms with E-state index in [0.717, 1.165) is 63.1 Å². The molecule has 3 aliphatic heterocycles. The van der Waals surface area contributed by atoms with Gasteiger partial charge in [0.1, 0.15) is 23.6 Å². The number of alkyl carbamates (subject to hydrolysis) is 1. The molecule has 9 nitrogen and oxygen atoms in total. The number of benzene rings is 1. The first-order valence-electron chi connectivity index (χ1n) is 14.9. The number of anilines is 1. The lowest BCUT2D eigenvalue weighted by atomic mass is 9.47. The predicted octanol–water partition coefficient (Wildman–Crippen LogP) is 3.53. The first-order chi connectivity index (χ1) is 19.2. The number of likely N-dealkylation sites (N-methyl/N-ethyl adjacent to an activating group) is 1. The Morgan fingerprint density at radius 2 is 1.93 bits per heavy atom. The minimum absolute atomic E-state index is 0.0101. The van der Waals surface area contributed by atoms with Gasteiger partial charge in [0.2, 0.25) is 0 Å². The molecule has 0 unspecified atom stereocenters. The summed E-state index contributed by atoms with van der Waals surface area (Å²) in [4.78, 5) is 30.4. The molecule has 1 aromatic rings. The summed E-state index contributed by atoms with van der Waals surface area (Å²) in [5.41, 5.74) is -0.536. The lowest BCUT2D eigenvalue weighted by molar-refractivity contribution is -0.217. The van der Waals surface area contributed by atoms with Crippen molar-refractivity contribution in [3.63, 3.8) is 0 Å². The molecule has 6 rings (SSSR count). The topological polar surface area (TPSA) is 101 Å². The number of nitrogens with zero attached hydrogens (tertiary/aromatic N) is 2. The van der Waals surface area contributed by atoms with Crippen LogP contribution < -0.4 is 15.0 Å². The second kappa shape index (κ2) is 9.94. The minimum Gasteiger partial charge on any atom is -0.497 e. The van der Waals surface area contributed by atoms with Crippen molar-refractivity contribution in [3.8, 4) is 5.75 Å². The van der Waals surface area contributed by atoms with Crippen LogP contribution in [0.3, 0.4) is 0 Å². The smallest absolute Gasteiger partial charge is 0.407 e. The lowest BCUT2D eigenvalue weighted by Gasteiger charge is -2.64. The van der Waals surface area contributed by atoms with E-state index in [1.807, 2.05) is 19.2 Å². The van der Waals surface area contributed by atoms with E-state index in [-0.39, 0.29) is 18.7 Å². The highest BCUT2D eigenvalue weighted by Gasteiger charge is 2.77. The molecule has 218 valence electrons. The second-order valence-electron chi connectivity index (χ2n) is 12.5. The average molecular weight is 554 g/mol. The first-order valence-corrected chi connectivity index (χ1v) is 14.9. The zero-order chi connectivity index (χ0) is 28.3. The van der Waals surface area contributed by atoms with Gasteiger partial charge >= 0.3 is 12.1 Å². The summed E-state index contributed by atoms with van der Waals surface area (Å²) in [5.74, 6) is 0.298. The van der Waals surface area contributed by atoms with Gasteiger partial charge in [-0.1, -0.05) is 31.6 Å². The van der Waals surface area contributed by atoms with Gasteiger partial charge in [-0.3, -0.25) is 9.69 Å². The summed E-state index contributed by atoms with van der Waals surface area (Å²) in [6.07, 6.45) is 9.32. The molecule has 3 heterocycles. The number of carbonyl (C=O) groups excluding carboxylic acids is 2. The Hall–Kier alpha value is -2.78. The monoisotopic (exact) mass is 553 g/mol. The van der Waals surface area contributed by atoms with Crippen LogP contribution in [0, 0.1) is 5.41 Å². The van der Waals surface area contributed by atoms with E-state index in [0.29, 0.717) is 6.42 Å². The summed E-state index contributed by atoms with van der Waals surface area (Å²) >= 11 is 0. The van der Waals surface area contributed by atoms with Crippen molar-refractivity contribution in [1.82, 2.24) is 10.2 Å². The summed E-state index contributed by atoms with van der Waals surface area (Å²) in [5, 5.41) is 16.0. The number of rotatable bonds is 6. The van der Waals surface area contributed by atoms with Crippen LogP contribution in [-0.2, 0) is 19.7 Å². The molecular formula is C31H43N3O6. The Labute approximate surface area is 236 Å². The molecule has 40 heavy (non-hydrogen) atoms. The van der Waals surface area contributed by atoms with Gasteiger partial charge in [0, 0.05) is 49.1 Å². The van der Waals surface area contributed by atoms with Gasteiger partial charge in [0.05, 0.1) is 19.7 Å². The molecule has 1 spiro atoms. The van der Waals surface area contributed by atoms with Crippen LogP contribution in [0.4, 0.5) is 10.5 Å². The van der Waals surface area contributed by atoms with Crippen molar-refractivity contribution < 1.29 is 28.9 Å². The van der Waals surface area contributed by atoms with Gasteiger partial charge in [-0.2, -0.15) is 0 Å². The third-order valence-electron chi connectivity index (χ3n) is 10.6. The number of aliphatic hydroxyl groups is 1. The highest BCUT2D eigenvalue weighted by atomic mass is 16.6. The minimum atomic E-state index is -1.61. The fourth-order valence-corrected chi connectivity index (χ4v) is 9.23. The van der Waals surface area contributed by atoms with Crippen LogP contribution in [0.1, 0.15) is 64.4 Å². The maximum absolute atomic E-state index is 13.1. The van der Waals surface area contributed by atoms with Crippen LogP contribution in [0.2, 0.25) is 0 Å². The molecule has 0 aromatic heterocycles. The quantitative estimate of drug-likeness (QED) is 0.408. The predicted molar refractivity (Wildman–Crippen MR) is 151 cm³/mol. The molecule has 1 saturated heterocycles. The Balaban J connectivity index is 1.47. The summed E-state index contributed by atoms with van der Waals surface area (Å²) < 4.78 is 17.5. The van der Waals surface area contributed by atoms with Gasteiger partial charge in [-0.15, -0.1) is 0 Å². The zero-order valence-corrected chi connectivity index (χ0v) is 24.2. The number of amides is 1. The van der Waals surface area contributed by atoms with E-state index in [4.69, 9.17) is 14.2 Å². The Bertz CT molecular complexity index is 1200. The van der Waals surface area contributed by atoms with Gasteiger partial charge in [-0.25, -0.2) is 4.79 Å². The number of ether oxygens (including phenoxy) is 3. The third kappa shape index (κ3) is 3.80. The number of methoxy groups -OCH3 is 1. The number of hydrogen-bond acceptors (Lipinski definition) is 8. The Morgan fingerprint density at radius 1 is 1.15 bits per heavy atom. The van der Waals surface area contributed by atoms with Crippen LogP contribution in [0.5, 0.6) is 5.75 Å². The molecule has 2 saturated carbocycles. The van der Waals surface area contributed by atoms with E-state index < -0.39 is 40.6 Å². The van der Waals surface area contributed by atoms with Crippen molar-refractivity contribution in [2.24, 2.45) is 5.41 Å². The van der Waals surface area contributed by atoms with Crippen molar-refractivity contribution >= 4 is 17.7 Å². The van der Waals surface area contributed by atoms with Gasteiger partial charge in [-0.05, 0) is 56.7 Å². The van der Waals surface area contributed by atoms with Crippen molar-refractivity contribution in [3.05, 3.63) is 35.9 Å². The fraction of sp³-hybridized carbons (Fsp3) is 0.677. The van der Waals surface area contributed by atoms with Gasteiger partial charge in [0.15, 0.2) is 0 Å². The second-order valence-corrected chi connectivity index (χ2v) is 12.5. The molecule has 0 bridgehead atoms. The van der Waals surface area contributed by atoms with Crippen LogP contribution in [0.15, 0.2) is 30.4 Å². The normalized spacial score (nSPS) is 36.4.